The lowest BCUT2D eigenvalue weighted by Gasteiger charge is -2.38. The number of hydrogen-bond donors (Lipinski definition) is 1. The van der Waals surface area contributed by atoms with Crippen molar-refractivity contribution in [3.63, 3.8) is 0 Å². The number of hydrogen-bond acceptors (Lipinski definition) is 8. The van der Waals surface area contributed by atoms with E-state index < -0.39 is 22.9 Å². The van der Waals surface area contributed by atoms with E-state index >= 15 is 0 Å². The smallest absolute Gasteiger partial charge is 0.202 e. The first-order valence-electron chi connectivity index (χ1n) is 11.9. The minimum atomic E-state index is -3.59. The van der Waals surface area contributed by atoms with Crippen molar-refractivity contribution < 1.29 is 22.7 Å². The zero-order valence-electron chi connectivity index (χ0n) is 21.7. The third kappa shape index (κ3) is 5.42. The maximum atomic E-state index is 13.2. The monoisotopic (exact) mass is 528 g/mol. The van der Waals surface area contributed by atoms with Crippen LogP contribution >= 0.6 is 11.3 Å². The average Bonchev–Trinajstić information content (AvgIpc) is 3.30. The summed E-state index contributed by atoms with van der Waals surface area (Å²) in [5, 5.41) is 2.07. The molecule has 0 amide bonds. The van der Waals surface area contributed by atoms with Crippen molar-refractivity contribution in [1.29, 1.82) is 0 Å². The number of thiophene rings is 1. The van der Waals surface area contributed by atoms with Gasteiger partial charge in [-0.15, -0.1) is 11.3 Å². The summed E-state index contributed by atoms with van der Waals surface area (Å²) in [6.45, 7) is 14.3. The van der Waals surface area contributed by atoms with Gasteiger partial charge < -0.3 is 14.3 Å². The molecule has 0 aromatic carbocycles. The van der Waals surface area contributed by atoms with Gasteiger partial charge in [-0.3, -0.25) is 0 Å². The second-order valence-electron chi connectivity index (χ2n) is 11.8. The van der Waals surface area contributed by atoms with E-state index in [1.807, 2.05) is 13.1 Å². The number of rotatable bonds is 9. The van der Waals surface area contributed by atoms with Crippen LogP contribution in [0, 0.1) is 11.8 Å². The van der Waals surface area contributed by atoms with E-state index in [0.29, 0.717) is 23.1 Å². The van der Waals surface area contributed by atoms with E-state index in [9.17, 15) is 13.2 Å². The Kier molecular flexibility index (Phi) is 8.02. The SMILES string of the molecule is COCOC[C@@H]1C[C@@H](c2csc3c(S(=O)(=O)C(C)(C)C)ncnc23)C[C@@H]1CC(C)(C)[Si](C)(C)O. The molecule has 1 aliphatic rings. The molecule has 1 aliphatic carbocycles. The fourth-order valence-electron chi connectivity index (χ4n) is 4.73. The highest BCUT2D eigenvalue weighted by atomic mass is 32.2. The first-order valence-corrected chi connectivity index (χ1v) is 17.2. The quantitative estimate of drug-likeness (QED) is 0.202. The first-order chi connectivity index (χ1) is 15.6. The number of nitrogens with zero attached hydrogens (tertiary/aromatic N) is 2. The second kappa shape index (κ2) is 9.86. The Morgan fingerprint density at radius 3 is 2.38 bits per heavy atom. The summed E-state index contributed by atoms with van der Waals surface area (Å²) in [5.74, 6) is 0.991. The van der Waals surface area contributed by atoms with Crippen LogP contribution in [0.15, 0.2) is 16.7 Å². The fraction of sp³-hybridized carbons (Fsp3) is 0.750. The molecule has 10 heteroatoms. The summed E-state index contributed by atoms with van der Waals surface area (Å²) >= 11 is 1.42. The van der Waals surface area contributed by atoms with Gasteiger partial charge in [0.25, 0.3) is 0 Å². The zero-order valence-corrected chi connectivity index (χ0v) is 24.3. The molecular weight excluding hydrogens is 488 g/mol. The third-order valence-electron chi connectivity index (χ3n) is 7.65. The minimum Gasteiger partial charge on any atom is -0.432 e. The molecule has 7 nitrogen and oxygen atoms in total. The first kappa shape index (κ1) is 27.7. The molecule has 1 N–H and O–H groups in total. The summed E-state index contributed by atoms with van der Waals surface area (Å²) in [5.41, 5.74) is 1.85. The van der Waals surface area contributed by atoms with E-state index in [1.165, 1.54) is 17.7 Å². The van der Waals surface area contributed by atoms with Crippen LogP contribution in [0.1, 0.15) is 65.4 Å². The fourth-order valence-corrected chi connectivity index (χ4v) is 8.05. The van der Waals surface area contributed by atoms with Crippen molar-refractivity contribution in [3.05, 3.63) is 17.3 Å². The molecule has 1 fully saturated rings. The molecule has 0 aliphatic heterocycles. The highest BCUT2D eigenvalue weighted by Gasteiger charge is 2.45. The minimum absolute atomic E-state index is 0.126. The molecule has 0 unspecified atom stereocenters. The molecular formula is C24H40N2O5S2Si. The molecule has 1 saturated carbocycles. The molecule has 192 valence electrons. The van der Waals surface area contributed by atoms with E-state index in [-0.39, 0.29) is 22.8 Å². The third-order valence-corrected chi connectivity index (χ3v) is 14.7. The molecule has 2 aromatic heterocycles. The molecule has 34 heavy (non-hydrogen) atoms. The van der Waals surface area contributed by atoms with Gasteiger partial charge in [0.05, 0.1) is 21.6 Å². The van der Waals surface area contributed by atoms with Gasteiger partial charge in [0.2, 0.25) is 9.84 Å². The van der Waals surface area contributed by atoms with Gasteiger partial charge in [-0.05, 0) is 86.9 Å². The van der Waals surface area contributed by atoms with E-state index in [1.54, 1.807) is 27.9 Å². The molecule has 2 aromatic rings. The van der Waals surface area contributed by atoms with Gasteiger partial charge in [0.1, 0.15) is 13.1 Å². The Balaban J connectivity index is 1.95. The summed E-state index contributed by atoms with van der Waals surface area (Å²) in [7, 11) is -4.31. The van der Waals surface area contributed by atoms with Gasteiger partial charge in [-0.2, -0.15) is 0 Å². The van der Waals surface area contributed by atoms with Crippen LogP contribution in [0.25, 0.3) is 10.2 Å². The predicted molar refractivity (Wildman–Crippen MR) is 139 cm³/mol. The standard InChI is InChI=1S/C24H40N2O5S2Si/c1-23(2,3)33(27,28)22-21-20(25-14-26-22)19(13-32-21)16-9-17(11-24(4,5)34(7,8)29)18(10-16)12-31-15-30-6/h13-14,16-18,29H,9-12,15H2,1-8H3/t16-,17+,18-/m0/s1. The van der Waals surface area contributed by atoms with Gasteiger partial charge in [-0.25, -0.2) is 18.4 Å². The van der Waals surface area contributed by atoms with Crippen LogP contribution in [-0.2, 0) is 19.3 Å². The molecule has 0 spiro atoms. The lowest BCUT2D eigenvalue weighted by Crippen LogP contribution is -2.40. The van der Waals surface area contributed by atoms with Gasteiger partial charge in [0.15, 0.2) is 13.3 Å². The summed E-state index contributed by atoms with van der Waals surface area (Å²) in [6, 6.07) is 0. The highest BCUT2D eigenvalue weighted by Crippen LogP contribution is 2.52. The summed E-state index contributed by atoms with van der Waals surface area (Å²) < 4.78 is 36.9. The Hall–Kier alpha value is -0.913. The molecule has 3 atom stereocenters. The van der Waals surface area contributed by atoms with Crippen LogP contribution < -0.4 is 0 Å². The number of ether oxygens (including phenoxy) is 2. The number of fused-ring (bicyclic) bond motifs is 1. The van der Waals surface area contributed by atoms with E-state index in [0.717, 1.165) is 30.3 Å². The maximum Gasteiger partial charge on any atom is 0.202 e. The largest absolute Gasteiger partial charge is 0.432 e. The van der Waals surface area contributed by atoms with Gasteiger partial charge in [0, 0.05) is 7.11 Å². The lowest BCUT2D eigenvalue weighted by molar-refractivity contribution is -0.0482. The molecule has 0 radical (unpaired) electrons. The zero-order chi connectivity index (χ0) is 25.5. The number of sulfone groups is 1. The Bertz CT molecular complexity index is 1100. The van der Waals surface area contributed by atoms with Gasteiger partial charge >= 0.3 is 0 Å². The van der Waals surface area contributed by atoms with Crippen molar-refractivity contribution in [2.75, 3.05) is 20.5 Å². The Labute approximate surface area is 209 Å². The van der Waals surface area contributed by atoms with E-state index in [4.69, 9.17) is 9.47 Å². The molecule has 3 rings (SSSR count). The molecule has 0 saturated heterocycles. The van der Waals surface area contributed by atoms with Crippen molar-refractivity contribution in [3.8, 4) is 0 Å². The number of methoxy groups -OCH3 is 1. The second-order valence-corrected chi connectivity index (χ2v) is 19.7. The maximum absolute atomic E-state index is 13.2. The predicted octanol–water partition coefficient (Wildman–Crippen LogP) is 5.36. The van der Waals surface area contributed by atoms with Crippen LogP contribution in [0.4, 0.5) is 0 Å². The normalized spacial score (nSPS) is 22.6. The average molecular weight is 529 g/mol. The van der Waals surface area contributed by atoms with Crippen molar-refractivity contribution >= 4 is 39.7 Å². The van der Waals surface area contributed by atoms with E-state index in [2.05, 4.69) is 29.2 Å². The Morgan fingerprint density at radius 2 is 1.79 bits per heavy atom. The van der Waals surface area contributed by atoms with Crippen LogP contribution in [0.2, 0.25) is 18.1 Å². The number of aromatic nitrogens is 2. The van der Waals surface area contributed by atoms with Crippen molar-refractivity contribution in [1.82, 2.24) is 9.97 Å². The summed E-state index contributed by atoms with van der Waals surface area (Å²) in [6.07, 6.45) is 4.22. The van der Waals surface area contributed by atoms with Crippen LogP contribution in [0.5, 0.6) is 0 Å². The molecule has 0 bridgehead atoms. The summed E-state index contributed by atoms with van der Waals surface area (Å²) in [4.78, 5) is 19.6. The lowest BCUT2D eigenvalue weighted by atomic mass is 9.88. The molecule has 2 heterocycles. The van der Waals surface area contributed by atoms with Crippen LogP contribution in [0.3, 0.4) is 0 Å². The Morgan fingerprint density at radius 1 is 1.15 bits per heavy atom. The van der Waals surface area contributed by atoms with Gasteiger partial charge in [-0.1, -0.05) is 13.8 Å². The highest BCUT2D eigenvalue weighted by molar-refractivity contribution is 7.93. The van der Waals surface area contributed by atoms with Crippen LogP contribution in [-0.4, -0.2) is 56.8 Å². The van der Waals surface area contributed by atoms with Crippen molar-refractivity contribution in [2.45, 2.75) is 87.7 Å². The van der Waals surface area contributed by atoms with Crippen molar-refractivity contribution in [2.24, 2.45) is 11.8 Å². The topological polar surface area (TPSA) is 98.6 Å².